The minimum atomic E-state index is -1.15. The van der Waals surface area contributed by atoms with E-state index in [9.17, 15) is 14.3 Å². The van der Waals surface area contributed by atoms with Gasteiger partial charge in [-0.05, 0) is 24.3 Å². The molecule has 0 spiro atoms. The van der Waals surface area contributed by atoms with Crippen LogP contribution in [0.4, 0.5) is 4.39 Å². The largest absolute Gasteiger partial charge is 0.475 e. The molecule has 0 saturated carbocycles. The average molecular weight is 305 g/mol. The van der Waals surface area contributed by atoms with Crippen LogP contribution in [0.5, 0.6) is 0 Å². The van der Waals surface area contributed by atoms with E-state index in [1.807, 2.05) is 0 Å². The maximum atomic E-state index is 13.8. The number of piperidine rings is 1. The van der Waals surface area contributed by atoms with Gasteiger partial charge in [0, 0.05) is 30.6 Å². The summed E-state index contributed by atoms with van der Waals surface area (Å²) in [6, 6.07) is 4.59. The Morgan fingerprint density at radius 3 is 2.68 bits per heavy atom. The van der Waals surface area contributed by atoms with E-state index in [-0.39, 0.29) is 11.3 Å². The van der Waals surface area contributed by atoms with Crippen molar-refractivity contribution in [2.45, 2.75) is 26.8 Å². The monoisotopic (exact) mass is 305 g/mol. The summed E-state index contributed by atoms with van der Waals surface area (Å²) in [7, 11) is 0. The maximum Gasteiger partial charge on any atom is 0.372 e. The Labute approximate surface area is 128 Å². The normalized spacial score (nSPS) is 23.0. The Balaban J connectivity index is 2.00. The summed E-state index contributed by atoms with van der Waals surface area (Å²) < 4.78 is 19.1. The van der Waals surface area contributed by atoms with E-state index >= 15 is 0 Å². The fraction of sp³-hybridized carbons (Fsp3) is 0.471. The van der Waals surface area contributed by atoms with Gasteiger partial charge in [0.1, 0.15) is 0 Å². The van der Waals surface area contributed by atoms with Crippen molar-refractivity contribution < 1.29 is 18.7 Å². The first-order valence-corrected chi connectivity index (χ1v) is 7.61. The lowest BCUT2D eigenvalue weighted by Gasteiger charge is -2.34. The van der Waals surface area contributed by atoms with Crippen LogP contribution in [0.2, 0.25) is 0 Å². The van der Waals surface area contributed by atoms with Crippen LogP contribution in [0.15, 0.2) is 22.6 Å². The molecule has 1 fully saturated rings. The van der Waals surface area contributed by atoms with E-state index in [0.29, 0.717) is 29.3 Å². The second-order valence-electron chi connectivity index (χ2n) is 6.47. The highest BCUT2D eigenvalue weighted by Gasteiger charge is 2.27. The van der Waals surface area contributed by atoms with E-state index in [4.69, 9.17) is 4.42 Å². The van der Waals surface area contributed by atoms with Crippen molar-refractivity contribution in [3.05, 3.63) is 35.3 Å². The van der Waals surface area contributed by atoms with Crippen LogP contribution in [0, 0.1) is 17.7 Å². The van der Waals surface area contributed by atoms with Crippen molar-refractivity contribution >= 4 is 16.9 Å². The van der Waals surface area contributed by atoms with Gasteiger partial charge < -0.3 is 9.52 Å². The molecule has 118 valence electrons. The van der Waals surface area contributed by atoms with Gasteiger partial charge in [-0.1, -0.05) is 26.0 Å². The molecular weight excluding hydrogens is 285 g/mol. The summed E-state index contributed by atoms with van der Waals surface area (Å²) in [4.78, 5) is 13.7. The molecule has 4 nitrogen and oxygen atoms in total. The highest BCUT2D eigenvalue weighted by Crippen LogP contribution is 2.31. The Morgan fingerprint density at radius 2 is 2.05 bits per heavy atom. The molecule has 5 heteroatoms. The zero-order chi connectivity index (χ0) is 15.9. The van der Waals surface area contributed by atoms with Crippen molar-refractivity contribution in [1.29, 1.82) is 0 Å². The number of carboxylic acid groups (broad SMARTS) is 1. The predicted molar refractivity (Wildman–Crippen MR) is 81.4 cm³/mol. The molecule has 1 aliphatic heterocycles. The third-order valence-corrected chi connectivity index (χ3v) is 4.29. The first-order valence-electron chi connectivity index (χ1n) is 7.61. The van der Waals surface area contributed by atoms with Gasteiger partial charge in [-0.25, -0.2) is 9.18 Å². The van der Waals surface area contributed by atoms with Crippen molar-refractivity contribution in [3.63, 3.8) is 0 Å². The third kappa shape index (κ3) is 2.73. The fourth-order valence-corrected chi connectivity index (χ4v) is 3.61. The van der Waals surface area contributed by atoms with Gasteiger partial charge in [0.25, 0.3) is 0 Å². The maximum absolute atomic E-state index is 13.8. The molecule has 2 unspecified atom stereocenters. The molecule has 0 amide bonds. The molecule has 1 aromatic carbocycles. The minimum Gasteiger partial charge on any atom is -0.475 e. The first kappa shape index (κ1) is 15.0. The number of halogens is 1. The lowest BCUT2D eigenvalue weighted by Crippen LogP contribution is -2.38. The molecule has 2 atom stereocenters. The van der Waals surface area contributed by atoms with Gasteiger partial charge in [0.2, 0.25) is 5.76 Å². The lowest BCUT2D eigenvalue weighted by atomic mass is 9.91. The number of carbonyl (C=O) groups is 1. The standard InChI is InChI=1S/C17H20FNO3/c1-10-6-11(2)8-19(7-10)9-13-12-4-3-5-14(18)15(12)22-16(13)17(20)21/h3-5,10-11H,6-9H2,1-2H3,(H,20,21). The van der Waals surface area contributed by atoms with Gasteiger partial charge >= 0.3 is 5.97 Å². The summed E-state index contributed by atoms with van der Waals surface area (Å²) in [5, 5.41) is 9.91. The highest BCUT2D eigenvalue weighted by atomic mass is 19.1. The van der Waals surface area contributed by atoms with Crippen molar-refractivity contribution in [1.82, 2.24) is 4.90 Å². The number of hydrogen-bond acceptors (Lipinski definition) is 3. The molecule has 2 heterocycles. The summed E-state index contributed by atoms with van der Waals surface area (Å²) in [5.74, 6) is -0.667. The summed E-state index contributed by atoms with van der Waals surface area (Å²) >= 11 is 0. The summed E-state index contributed by atoms with van der Waals surface area (Å²) in [6.07, 6.45) is 1.18. The highest BCUT2D eigenvalue weighted by molar-refractivity contribution is 5.95. The smallest absolute Gasteiger partial charge is 0.372 e. The number of carboxylic acids is 1. The van der Waals surface area contributed by atoms with Crippen molar-refractivity contribution in [2.24, 2.45) is 11.8 Å². The van der Waals surface area contributed by atoms with E-state index < -0.39 is 11.8 Å². The van der Waals surface area contributed by atoms with Crippen LogP contribution in [0.1, 0.15) is 36.4 Å². The number of hydrogen-bond donors (Lipinski definition) is 1. The van der Waals surface area contributed by atoms with E-state index in [1.165, 1.54) is 12.5 Å². The number of benzene rings is 1. The van der Waals surface area contributed by atoms with Gasteiger partial charge in [-0.3, -0.25) is 4.90 Å². The Kier molecular flexibility index (Phi) is 3.91. The number of nitrogens with zero attached hydrogens (tertiary/aromatic N) is 1. The van der Waals surface area contributed by atoms with Crippen LogP contribution in [-0.4, -0.2) is 29.1 Å². The number of likely N-dealkylation sites (tertiary alicyclic amines) is 1. The molecule has 3 rings (SSSR count). The average Bonchev–Trinajstić information content (AvgIpc) is 2.78. The van der Waals surface area contributed by atoms with Gasteiger partial charge in [0.05, 0.1) is 0 Å². The molecular formula is C17H20FNO3. The van der Waals surface area contributed by atoms with Crippen LogP contribution in [0.3, 0.4) is 0 Å². The fourth-order valence-electron chi connectivity index (χ4n) is 3.61. The molecule has 0 bridgehead atoms. The number of para-hydroxylation sites is 1. The molecule has 22 heavy (non-hydrogen) atoms. The molecule has 1 N–H and O–H groups in total. The third-order valence-electron chi connectivity index (χ3n) is 4.29. The molecule has 1 aliphatic rings. The molecule has 0 aliphatic carbocycles. The zero-order valence-electron chi connectivity index (χ0n) is 12.8. The van der Waals surface area contributed by atoms with E-state index in [2.05, 4.69) is 18.7 Å². The number of rotatable bonds is 3. The van der Waals surface area contributed by atoms with Crippen molar-refractivity contribution in [3.8, 4) is 0 Å². The molecule has 1 saturated heterocycles. The van der Waals surface area contributed by atoms with E-state index in [1.54, 1.807) is 12.1 Å². The first-order chi connectivity index (χ1) is 10.5. The van der Waals surface area contributed by atoms with Gasteiger partial charge in [-0.2, -0.15) is 0 Å². The van der Waals surface area contributed by atoms with Crippen LogP contribution >= 0.6 is 0 Å². The molecule has 2 aromatic rings. The van der Waals surface area contributed by atoms with Crippen LogP contribution in [0.25, 0.3) is 11.0 Å². The van der Waals surface area contributed by atoms with E-state index in [0.717, 1.165) is 13.1 Å². The Bertz CT molecular complexity index is 699. The summed E-state index contributed by atoms with van der Waals surface area (Å²) in [6.45, 7) is 6.73. The molecule has 1 aromatic heterocycles. The minimum absolute atomic E-state index is 0.0352. The number of aromatic carboxylic acids is 1. The number of furan rings is 1. The molecule has 0 radical (unpaired) electrons. The Hall–Kier alpha value is -1.88. The topological polar surface area (TPSA) is 53.7 Å². The predicted octanol–water partition coefficient (Wildman–Crippen LogP) is 3.75. The second kappa shape index (κ2) is 5.72. The van der Waals surface area contributed by atoms with Gasteiger partial charge in [-0.15, -0.1) is 0 Å². The number of fused-ring (bicyclic) bond motifs is 1. The quantitative estimate of drug-likeness (QED) is 0.938. The van der Waals surface area contributed by atoms with Crippen LogP contribution in [-0.2, 0) is 6.54 Å². The second-order valence-corrected chi connectivity index (χ2v) is 6.47. The zero-order valence-corrected chi connectivity index (χ0v) is 12.8. The van der Waals surface area contributed by atoms with Gasteiger partial charge in [0.15, 0.2) is 11.4 Å². The Morgan fingerprint density at radius 1 is 1.36 bits per heavy atom. The summed E-state index contributed by atoms with van der Waals surface area (Å²) in [5.41, 5.74) is 0.608. The van der Waals surface area contributed by atoms with Crippen LogP contribution < -0.4 is 0 Å². The SMILES string of the molecule is CC1CC(C)CN(Cc2c(C(=O)O)oc3c(F)cccc23)C1. The van der Waals surface area contributed by atoms with Crippen molar-refractivity contribution in [2.75, 3.05) is 13.1 Å². The lowest BCUT2D eigenvalue weighted by molar-refractivity contribution is 0.0659.